The SMILES string of the molecule is Cc1c(C)[n+](C)c(Cc2ccccc2)n1C.[I-]. The molecular formula is C14H19IN2. The minimum Gasteiger partial charge on any atom is -1.00 e. The molecule has 0 fully saturated rings. The third-order valence-electron chi connectivity index (χ3n) is 3.51. The van der Waals surface area contributed by atoms with Crippen LogP contribution in [0, 0.1) is 13.8 Å². The normalized spacial score (nSPS) is 10.1. The molecule has 0 unspecified atom stereocenters. The molecule has 1 aromatic carbocycles. The molecular weight excluding hydrogens is 323 g/mol. The van der Waals surface area contributed by atoms with Crippen LogP contribution in [-0.4, -0.2) is 4.57 Å². The van der Waals surface area contributed by atoms with E-state index in [1.165, 1.54) is 22.8 Å². The van der Waals surface area contributed by atoms with Crippen LogP contribution < -0.4 is 28.5 Å². The molecule has 0 bridgehead atoms. The van der Waals surface area contributed by atoms with Gasteiger partial charge in [0.15, 0.2) is 0 Å². The van der Waals surface area contributed by atoms with E-state index in [1.54, 1.807) is 0 Å². The first kappa shape index (κ1) is 14.2. The van der Waals surface area contributed by atoms with Crippen molar-refractivity contribution in [2.75, 3.05) is 0 Å². The lowest BCUT2D eigenvalue weighted by Crippen LogP contribution is -3.00. The lowest BCUT2D eigenvalue weighted by molar-refractivity contribution is -0.684. The number of imidazole rings is 1. The fourth-order valence-electron chi connectivity index (χ4n) is 2.11. The Bertz CT molecular complexity index is 475. The van der Waals surface area contributed by atoms with Gasteiger partial charge in [-0.3, -0.25) is 0 Å². The Morgan fingerprint density at radius 2 is 1.71 bits per heavy atom. The minimum atomic E-state index is 0. The lowest BCUT2D eigenvalue weighted by Gasteiger charge is -1.99. The van der Waals surface area contributed by atoms with Crippen molar-refractivity contribution in [2.24, 2.45) is 14.1 Å². The Morgan fingerprint density at radius 3 is 2.18 bits per heavy atom. The molecule has 0 aliphatic rings. The van der Waals surface area contributed by atoms with E-state index in [0.29, 0.717) is 0 Å². The van der Waals surface area contributed by atoms with Gasteiger partial charge in [0.25, 0.3) is 5.82 Å². The Kier molecular flexibility index (Phi) is 4.74. The average molecular weight is 342 g/mol. The van der Waals surface area contributed by atoms with Gasteiger partial charge in [-0.15, -0.1) is 0 Å². The summed E-state index contributed by atoms with van der Waals surface area (Å²) in [7, 11) is 4.28. The van der Waals surface area contributed by atoms with Gasteiger partial charge in [-0.25, -0.2) is 9.13 Å². The van der Waals surface area contributed by atoms with Crippen molar-refractivity contribution >= 4 is 0 Å². The van der Waals surface area contributed by atoms with Crippen LogP contribution in [0.4, 0.5) is 0 Å². The van der Waals surface area contributed by atoms with E-state index >= 15 is 0 Å². The van der Waals surface area contributed by atoms with Crippen LogP contribution in [0.5, 0.6) is 0 Å². The van der Waals surface area contributed by atoms with Gasteiger partial charge in [0, 0.05) is 13.8 Å². The van der Waals surface area contributed by atoms with Gasteiger partial charge in [-0.2, -0.15) is 0 Å². The number of rotatable bonds is 2. The second-order valence-corrected chi connectivity index (χ2v) is 4.37. The molecule has 0 spiro atoms. The van der Waals surface area contributed by atoms with E-state index in [-0.39, 0.29) is 24.0 Å². The third-order valence-corrected chi connectivity index (χ3v) is 3.51. The molecule has 0 saturated heterocycles. The van der Waals surface area contributed by atoms with E-state index in [0.717, 1.165) is 6.42 Å². The zero-order valence-corrected chi connectivity index (χ0v) is 13.0. The molecule has 17 heavy (non-hydrogen) atoms. The summed E-state index contributed by atoms with van der Waals surface area (Å²) in [5, 5.41) is 0. The van der Waals surface area contributed by atoms with Crippen LogP contribution in [0.15, 0.2) is 30.3 Å². The predicted octanol–water partition coefficient (Wildman–Crippen LogP) is -0.939. The number of benzene rings is 1. The standard InChI is InChI=1S/C14H19N2.HI/c1-11-12(2)16(4)14(15(11)3)10-13-8-6-5-7-9-13;/h5-9H,10H2,1-4H3;1H/q+1;/p-1. The summed E-state index contributed by atoms with van der Waals surface area (Å²) in [5.74, 6) is 1.35. The van der Waals surface area contributed by atoms with Gasteiger partial charge in [0.05, 0.1) is 20.5 Å². The lowest BCUT2D eigenvalue weighted by atomic mass is 10.1. The van der Waals surface area contributed by atoms with Crippen molar-refractivity contribution in [3.63, 3.8) is 0 Å². The summed E-state index contributed by atoms with van der Waals surface area (Å²) >= 11 is 0. The minimum absolute atomic E-state index is 0. The number of nitrogens with zero attached hydrogens (tertiary/aromatic N) is 2. The third kappa shape index (κ3) is 2.70. The maximum absolute atomic E-state index is 2.28. The first-order chi connectivity index (χ1) is 7.61. The van der Waals surface area contributed by atoms with E-state index < -0.39 is 0 Å². The fraction of sp³-hybridized carbons (Fsp3) is 0.357. The number of halogens is 1. The van der Waals surface area contributed by atoms with Crippen molar-refractivity contribution in [1.29, 1.82) is 0 Å². The van der Waals surface area contributed by atoms with Crippen molar-refractivity contribution in [2.45, 2.75) is 20.3 Å². The van der Waals surface area contributed by atoms with Crippen molar-refractivity contribution < 1.29 is 28.5 Å². The maximum Gasteiger partial charge on any atom is 0.260 e. The van der Waals surface area contributed by atoms with Crippen molar-refractivity contribution in [3.05, 3.63) is 53.1 Å². The molecule has 1 heterocycles. The largest absolute Gasteiger partial charge is 1.00 e. The predicted molar refractivity (Wildman–Crippen MR) is 65.3 cm³/mol. The van der Waals surface area contributed by atoms with Crippen molar-refractivity contribution in [3.8, 4) is 0 Å². The molecule has 2 aromatic rings. The summed E-state index contributed by atoms with van der Waals surface area (Å²) in [6, 6.07) is 10.6. The summed E-state index contributed by atoms with van der Waals surface area (Å²) in [6.45, 7) is 4.34. The summed E-state index contributed by atoms with van der Waals surface area (Å²) in [4.78, 5) is 0. The molecule has 92 valence electrons. The smallest absolute Gasteiger partial charge is 0.260 e. The molecule has 0 radical (unpaired) electrons. The second-order valence-electron chi connectivity index (χ2n) is 4.37. The zero-order chi connectivity index (χ0) is 11.7. The summed E-state index contributed by atoms with van der Waals surface area (Å²) in [5.41, 5.74) is 4.04. The molecule has 2 nitrogen and oxygen atoms in total. The quantitative estimate of drug-likeness (QED) is 0.492. The monoisotopic (exact) mass is 342 g/mol. The first-order valence-electron chi connectivity index (χ1n) is 5.66. The fourth-order valence-corrected chi connectivity index (χ4v) is 2.11. The topological polar surface area (TPSA) is 8.81 Å². The Labute approximate surface area is 120 Å². The van der Waals surface area contributed by atoms with E-state index in [4.69, 9.17) is 0 Å². The van der Waals surface area contributed by atoms with Gasteiger partial charge < -0.3 is 24.0 Å². The number of hydrogen-bond donors (Lipinski definition) is 0. The first-order valence-corrected chi connectivity index (χ1v) is 5.66. The van der Waals surface area contributed by atoms with Crippen LogP contribution in [0.25, 0.3) is 0 Å². The molecule has 0 aliphatic carbocycles. The number of aromatic nitrogens is 2. The maximum atomic E-state index is 2.28. The van der Waals surface area contributed by atoms with Gasteiger partial charge in [-0.05, 0) is 5.56 Å². The van der Waals surface area contributed by atoms with Crippen LogP contribution in [0.3, 0.4) is 0 Å². The molecule has 0 N–H and O–H groups in total. The van der Waals surface area contributed by atoms with E-state index in [2.05, 4.69) is 67.4 Å². The highest BCUT2D eigenvalue weighted by Crippen LogP contribution is 2.10. The molecule has 1 aromatic heterocycles. The van der Waals surface area contributed by atoms with Crippen LogP contribution >= 0.6 is 0 Å². The highest BCUT2D eigenvalue weighted by Gasteiger charge is 2.19. The van der Waals surface area contributed by atoms with Crippen LogP contribution in [-0.2, 0) is 20.5 Å². The average Bonchev–Trinajstić information content (AvgIpc) is 2.48. The molecule has 0 amide bonds. The molecule has 0 atom stereocenters. The Balaban J connectivity index is 0.00000144. The highest BCUT2D eigenvalue weighted by atomic mass is 127. The summed E-state index contributed by atoms with van der Waals surface area (Å²) < 4.78 is 4.56. The zero-order valence-electron chi connectivity index (χ0n) is 10.9. The second kappa shape index (κ2) is 5.67. The molecule has 0 aliphatic heterocycles. The van der Waals surface area contributed by atoms with Gasteiger partial charge in [0.1, 0.15) is 11.4 Å². The van der Waals surface area contributed by atoms with Gasteiger partial charge in [-0.1, -0.05) is 30.3 Å². The molecule has 0 saturated carbocycles. The van der Waals surface area contributed by atoms with Crippen LogP contribution in [0.1, 0.15) is 22.8 Å². The number of hydrogen-bond acceptors (Lipinski definition) is 0. The molecule has 2 rings (SSSR count). The van der Waals surface area contributed by atoms with Crippen molar-refractivity contribution in [1.82, 2.24) is 4.57 Å². The van der Waals surface area contributed by atoms with E-state index in [9.17, 15) is 0 Å². The highest BCUT2D eigenvalue weighted by molar-refractivity contribution is 5.19. The van der Waals surface area contributed by atoms with Gasteiger partial charge in [0.2, 0.25) is 0 Å². The Morgan fingerprint density at radius 1 is 1.12 bits per heavy atom. The summed E-state index contributed by atoms with van der Waals surface area (Å²) in [6.07, 6.45) is 0.989. The van der Waals surface area contributed by atoms with Crippen LogP contribution in [0.2, 0.25) is 0 Å². The molecule has 3 heteroatoms. The van der Waals surface area contributed by atoms with E-state index in [1.807, 2.05) is 0 Å². The van der Waals surface area contributed by atoms with Gasteiger partial charge >= 0.3 is 0 Å². The Hall–Kier alpha value is -0.840.